The number of aliphatic imine (C=N–C) groups is 1. The highest BCUT2D eigenvalue weighted by Crippen LogP contribution is 2.17. The summed E-state index contributed by atoms with van der Waals surface area (Å²) in [4.78, 5) is 5.54. The normalized spacial score (nSPS) is 14.3. The number of rotatable bonds is 4. The van der Waals surface area contributed by atoms with Crippen molar-refractivity contribution >= 4 is 17.3 Å². The molecular weight excluding hydrogens is 206 g/mol. The van der Waals surface area contributed by atoms with Crippen LogP contribution in [-0.4, -0.2) is 12.5 Å². The van der Waals surface area contributed by atoms with Gasteiger partial charge in [0.1, 0.15) is 0 Å². The zero-order valence-corrected chi connectivity index (χ0v) is 10.3. The lowest BCUT2D eigenvalue weighted by Crippen LogP contribution is -2.33. The molecule has 4 heteroatoms. The standard InChI is InChI=1S/C11H19N3S/c1-8(2)7-13-11(12)14-9(3)10-5-4-6-15-10/h4-6,8-9H,7H2,1-3H3,(H3,12,13,14). The van der Waals surface area contributed by atoms with E-state index in [1.54, 1.807) is 11.3 Å². The van der Waals surface area contributed by atoms with E-state index in [9.17, 15) is 0 Å². The number of nitrogens with zero attached hydrogens (tertiary/aromatic N) is 1. The van der Waals surface area contributed by atoms with Crippen LogP contribution in [-0.2, 0) is 0 Å². The molecule has 3 nitrogen and oxygen atoms in total. The predicted octanol–water partition coefficient (Wildman–Crippen LogP) is 2.37. The maximum atomic E-state index is 5.77. The molecule has 84 valence electrons. The second-order valence-electron chi connectivity index (χ2n) is 4.00. The molecule has 1 heterocycles. The summed E-state index contributed by atoms with van der Waals surface area (Å²) in [6, 6.07) is 4.37. The summed E-state index contributed by atoms with van der Waals surface area (Å²) >= 11 is 1.72. The molecule has 15 heavy (non-hydrogen) atoms. The fraction of sp³-hybridized carbons (Fsp3) is 0.545. The Hall–Kier alpha value is -1.03. The zero-order valence-electron chi connectivity index (χ0n) is 9.53. The Balaban J connectivity index is 2.44. The maximum absolute atomic E-state index is 5.77. The van der Waals surface area contributed by atoms with Gasteiger partial charge in [0.25, 0.3) is 0 Å². The van der Waals surface area contributed by atoms with Crippen LogP contribution < -0.4 is 11.1 Å². The molecule has 0 amide bonds. The topological polar surface area (TPSA) is 50.4 Å². The van der Waals surface area contributed by atoms with Crippen LogP contribution in [0.15, 0.2) is 22.5 Å². The zero-order chi connectivity index (χ0) is 11.3. The SMILES string of the molecule is CC(C)CN=C(N)NC(C)c1cccs1. The molecule has 0 saturated carbocycles. The van der Waals surface area contributed by atoms with Gasteiger partial charge in [-0.3, -0.25) is 4.99 Å². The molecule has 1 aromatic heterocycles. The number of thiophene rings is 1. The first-order chi connectivity index (χ1) is 7.09. The van der Waals surface area contributed by atoms with Gasteiger partial charge >= 0.3 is 0 Å². The highest BCUT2D eigenvalue weighted by Gasteiger charge is 2.06. The lowest BCUT2D eigenvalue weighted by atomic mass is 10.2. The lowest BCUT2D eigenvalue weighted by molar-refractivity contribution is 0.653. The van der Waals surface area contributed by atoms with Crippen LogP contribution >= 0.6 is 11.3 Å². The molecule has 1 unspecified atom stereocenters. The van der Waals surface area contributed by atoms with Crippen molar-refractivity contribution in [2.45, 2.75) is 26.8 Å². The Morgan fingerprint density at radius 3 is 2.80 bits per heavy atom. The number of nitrogens with one attached hydrogen (secondary N) is 1. The number of nitrogens with two attached hydrogens (primary N) is 1. The minimum atomic E-state index is 0.237. The van der Waals surface area contributed by atoms with Crippen LogP contribution in [0.1, 0.15) is 31.7 Å². The van der Waals surface area contributed by atoms with Gasteiger partial charge in [0.05, 0.1) is 6.04 Å². The molecule has 0 spiro atoms. The summed E-state index contributed by atoms with van der Waals surface area (Å²) in [5.74, 6) is 1.08. The lowest BCUT2D eigenvalue weighted by Gasteiger charge is -2.12. The average molecular weight is 225 g/mol. The summed E-state index contributed by atoms with van der Waals surface area (Å²) in [5.41, 5.74) is 5.77. The van der Waals surface area contributed by atoms with Crippen LogP contribution in [0.5, 0.6) is 0 Å². The first kappa shape index (κ1) is 12.0. The minimum absolute atomic E-state index is 0.237. The molecule has 0 aromatic carbocycles. The summed E-state index contributed by atoms with van der Waals surface area (Å²) in [6.07, 6.45) is 0. The van der Waals surface area contributed by atoms with Crippen molar-refractivity contribution in [3.05, 3.63) is 22.4 Å². The van der Waals surface area contributed by atoms with Crippen molar-refractivity contribution in [2.24, 2.45) is 16.6 Å². The molecule has 0 saturated heterocycles. The van der Waals surface area contributed by atoms with Crippen LogP contribution in [0.4, 0.5) is 0 Å². The van der Waals surface area contributed by atoms with Crippen molar-refractivity contribution in [2.75, 3.05) is 6.54 Å². The molecule has 0 radical (unpaired) electrons. The third-order valence-corrected chi connectivity index (χ3v) is 3.02. The summed E-state index contributed by atoms with van der Waals surface area (Å²) in [5, 5.41) is 5.24. The Bertz CT molecular complexity index is 304. The quantitative estimate of drug-likeness (QED) is 0.610. The maximum Gasteiger partial charge on any atom is 0.189 e. The van der Waals surface area contributed by atoms with E-state index < -0.39 is 0 Å². The van der Waals surface area contributed by atoms with Crippen molar-refractivity contribution in [1.29, 1.82) is 0 Å². The van der Waals surface area contributed by atoms with Crippen LogP contribution in [0.2, 0.25) is 0 Å². The van der Waals surface area contributed by atoms with Gasteiger partial charge in [-0.2, -0.15) is 0 Å². The summed E-state index contributed by atoms with van der Waals surface area (Å²) in [7, 11) is 0. The van der Waals surface area contributed by atoms with Crippen molar-refractivity contribution in [3.63, 3.8) is 0 Å². The monoisotopic (exact) mass is 225 g/mol. The molecule has 0 fully saturated rings. The molecular formula is C11H19N3S. The highest BCUT2D eigenvalue weighted by molar-refractivity contribution is 7.10. The van der Waals surface area contributed by atoms with Gasteiger partial charge in [-0.15, -0.1) is 11.3 Å². The van der Waals surface area contributed by atoms with Crippen molar-refractivity contribution in [3.8, 4) is 0 Å². The van der Waals surface area contributed by atoms with E-state index in [-0.39, 0.29) is 6.04 Å². The highest BCUT2D eigenvalue weighted by atomic mass is 32.1. The summed E-state index contributed by atoms with van der Waals surface area (Å²) in [6.45, 7) is 7.11. The van der Waals surface area contributed by atoms with E-state index in [1.807, 2.05) is 6.07 Å². The van der Waals surface area contributed by atoms with E-state index in [0.29, 0.717) is 11.9 Å². The van der Waals surface area contributed by atoms with Gasteiger partial charge in [0.15, 0.2) is 5.96 Å². The van der Waals surface area contributed by atoms with Gasteiger partial charge in [0, 0.05) is 11.4 Å². The van der Waals surface area contributed by atoms with Gasteiger partial charge in [0.2, 0.25) is 0 Å². The number of hydrogen-bond acceptors (Lipinski definition) is 2. The number of guanidine groups is 1. The second-order valence-corrected chi connectivity index (χ2v) is 4.98. The molecule has 0 bridgehead atoms. The number of hydrogen-bond donors (Lipinski definition) is 2. The van der Waals surface area contributed by atoms with Gasteiger partial charge in [-0.05, 0) is 24.3 Å². The first-order valence-corrected chi connectivity index (χ1v) is 6.07. The van der Waals surface area contributed by atoms with Crippen molar-refractivity contribution in [1.82, 2.24) is 5.32 Å². The van der Waals surface area contributed by atoms with Crippen molar-refractivity contribution < 1.29 is 0 Å². The molecule has 3 N–H and O–H groups in total. The Kier molecular flexibility index (Phi) is 4.62. The molecule has 0 aliphatic carbocycles. The largest absolute Gasteiger partial charge is 0.370 e. The fourth-order valence-corrected chi connectivity index (χ4v) is 1.89. The Morgan fingerprint density at radius 1 is 1.53 bits per heavy atom. The van der Waals surface area contributed by atoms with Gasteiger partial charge in [-0.25, -0.2) is 0 Å². The van der Waals surface area contributed by atoms with E-state index in [0.717, 1.165) is 6.54 Å². The minimum Gasteiger partial charge on any atom is -0.370 e. The molecule has 1 rings (SSSR count). The molecule has 1 atom stereocenters. The molecule has 0 aliphatic heterocycles. The Labute approximate surface area is 95.4 Å². The van der Waals surface area contributed by atoms with Crippen LogP contribution in [0.3, 0.4) is 0 Å². The van der Waals surface area contributed by atoms with E-state index in [4.69, 9.17) is 5.73 Å². The van der Waals surface area contributed by atoms with Crippen LogP contribution in [0, 0.1) is 5.92 Å². The smallest absolute Gasteiger partial charge is 0.189 e. The third-order valence-electron chi connectivity index (χ3n) is 1.96. The second kappa shape index (κ2) is 5.75. The average Bonchev–Trinajstić information content (AvgIpc) is 2.67. The Morgan fingerprint density at radius 2 is 2.27 bits per heavy atom. The van der Waals surface area contributed by atoms with Gasteiger partial charge in [-0.1, -0.05) is 19.9 Å². The molecule has 1 aromatic rings. The van der Waals surface area contributed by atoms with E-state index >= 15 is 0 Å². The predicted molar refractivity (Wildman–Crippen MR) is 67.2 cm³/mol. The van der Waals surface area contributed by atoms with Crippen LogP contribution in [0.25, 0.3) is 0 Å². The fourth-order valence-electron chi connectivity index (χ4n) is 1.16. The van der Waals surface area contributed by atoms with E-state index in [2.05, 4.69) is 42.5 Å². The van der Waals surface area contributed by atoms with E-state index in [1.165, 1.54) is 4.88 Å². The summed E-state index contributed by atoms with van der Waals surface area (Å²) < 4.78 is 0. The third kappa shape index (κ3) is 4.34. The molecule has 0 aliphatic rings. The van der Waals surface area contributed by atoms with Gasteiger partial charge < -0.3 is 11.1 Å². The first-order valence-electron chi connectivity index (χ1n) is 5.19.